The molecule has 0 saturated heterocycles. The molecule has 0 unspecified atom stereocenters. The van der Waals surface area contributed by atoms with Crippen LogP contribution >= 0.6 is 0 Å². The van der Waals surface area contributed by atoms with E-state index in [0.717, 1.165) is 11.3 Å². The Kier molecular flexibility index (Phi) is 5.37. The lowest BCUT2D eigenvalue weighted by molar-refractivity contribution is 1.50. The second-order valence-corrected chi connectivity index (χ2v) is 4.82. The minimum Gasteiger partial charge on any atom is -0.398 e. The molecule has 0 aliphatic heterocycles. The normalized spacial score (nSPS) is 11.0. The smallest absolute Gasteiger partial charge is 0.0350 e. The fourth-order valence-electron chi connectivity index (χ4n) is 2.58. The molecule has 0 atom stereocenters. The summed E-state index contributed by atoms with van der Waals surface area (Å²) in [4.78, 5) is 0. The van der Waals surface area contributed by atoms with Gasteiger partial charge in [0, 0.05) is 11.3 Å². The van der Waals surface area contributed by atoms with Crippen molar-refractivity contribution in [2.75, 3.05) is 0 Å². The van der Waals surface area contributed by atoms with Gasteiger partial charge in [-0.2, -0.15) is 0 Å². The Morgan fingerprint density at radius 1 is 0.773 bits per heavy atom. The third-order valence-corrected chi connectivity index (χ3v) is 3.63. The zero-order chi connectivity index (χ0) is 15.9. The highest BCUT2D eigenvalue weighted by molar-refractivity contribution is 6.02. The van der Waals surface area contributed by atoms with Gasteiger partial charge in [-0.1, -0.05) is 86.7 Å². The van der Waals surface area contributed by atoms with E-state index < -0.39 is 0 Å². The van der Waals surface area contributed by atoms with Gasteiger partial charge in [0.1, 0.15) is 0 Å². The minimum absolute atomic E-state index is 0.820. The molecular weight excluding hydrogens is 266 g/mol. The van der Waals surface area contributed by atoms with Crippen LogP contribution in [0.3, 0.4) is 0 Å². The third kappa shape index (κ3) is 3.04. The zero-order valence-corrected chi connectivity index (χ0v) is 13.5. The van der Waals surface area contributed by atoms with E-state index >= 15 is 0 Å². The Morgan fingerprint density at radius 3 is 2.00 bits per heavy atom. The van der Waals surface area contributed by atoms with E-state index in [1.165, 1.54) is 21.9 Å². The topological polar surface area (TPSA) is 26.0 Å². The van der Waals surface area contributed by atoms with Crippen molar-refractivity contribution in [3.8, 4) is 11.1 Å². The molecule has 2 N–H and O–H groups in total. The Morgan fingerprint density at radius 2 is 1.36 bits per heavy atom. The lowest BCUT2D eigenvalue weighted by atomic mass is 9.94. The summed E-state index contributed by atoms with van der Waals surface area (Å²) in [6.45, 7) is 5.97. The first kappa shape index (κ1) is 15.8. The largest absolute Gasteiger partial charge is 0.398 e. The van der Waals surface area contributed by atoms with Gasteiger partial charge >= 0.3 is 0 Å². The van der Waals surface area contributed by atoms with Gasteiger partial charge < -0.3 is 5.73 Å². The second kappa shape index (κ2) is 7.46. The number of nitrogens with two attached hydrogens (primary N) is 1. The molecule has 0 amide bonds. The standard InChI is InChI=1S/C19H17N.C2H6/c1-2-19(20)18-13-12-15(14-8-4-3-5-9-14)16-10-6-7-11-17(16)18;1-2/h2-13H,20H2,1H3;1-2H3/b19-2-;. The Balaban J connectivity index is 0.000000847. The number of hydrogen-bond donors (Lipinski definition) is 1. The van der Waals surface area contributed by atoms with Crippen LogP contribution in [-0.4, -0.2) is 0 Å². The Hall–Kier alpha value is -2.54. The van der Waals surface area contributed by atoms with Crippen LogP contribution in [0.25, 0.3) is 27.6 Å². The summed E-state index contributed by atoms with van der Waals surface area (Å²) < 4.78 is 0. The van der Waals surface area contributed by atoms with Crippen molar-refractivity contribution in [2.45, 2.75) is 20.8 Å². The number of benzene rings is 3. The molecule has 0 fully saturated rings. The lowest BCUT2D eigenvalue weighted by Gasteiger charge is -2.11. The van der Waals surface area contributed by atoms with Crippen LogP contribution in [0, 0.1) is 0 Å². The van der Waals surface area contributed by atoms with Crippen molar-refractivity contribution in [1.29, 1.82) is 0 Å². The molecule has 0 spiro atoms. The van der Waals surface area contributed by atoms with Crippen molar-refractivity contribution >= 4 is 16.5 Å². The van der Waals surface area contributed by atoms with E-state index in [-0.39, 0.29) is 0 Å². The average Bonchev–Trinajstić information content (AvgIpc) is 2.62. The number of allylic oxidation sites excluding steroid dienone is 1. The summed E-state index contributed by atoms with van der Waals surface area (Å²) in [6, 6.07) is 23.1. The van der Waals surface area contributed by atoms with Gasteiger partial charge in [-0.05, 0) is 28.8 Å². The Labute approximate surface area is 133 Å². The van der Waals surface area contributed by atoms with Crippen molar-refractivity contribution < 1.29 is 0 Å². The summed E-state index contributed by atoms with van der Waals surface area (Å²) in [5.41, 5.74) is 10.5. The van der Waals surface area contributed by atoms with E-state index in [0.29, 0.717) is 0 Å². The SMILES string of the molecule is C/C=C(\N)c1ccc(-c2ccccc2)c2ccccc12.CC. The highest BCUT2D eigenvalue weighted by Gasteiger charge is 2.08. The van der Waals surface area contributed by atoms with E-state index in [1.807, 2.05) is 32.9 Å². The molecular formula is C21H23N. The molecule has 3 aromatic carbocycles. The van der Waals surface area contributed by atoms with Gasteiger partial charge in [0.25, 0.3) is 0 Å². The first-order chi connectivity index (χ1) is 10.8. The maximum atomic E-state index is 6.11. The fourth-order valence-corrected chi connectivity index (χ4v) is 2.58. The molecule has 0 aliphatic rings. The van der Waals surface area contributed by atoms with Gasteiger partial charge in [-0.15, -0.1) is 0 Å². The van der Waals surface area contributed by atoms with E-state index in [1.54, 1.807) is 0 Å². The zero-order valence-electron chi connectivity index (χ0n) is 13.5. The molecule has 22 heavy (non-hydrogen) atoms. The van der Waals surface area contributed by atoms with E-state index in [9.17, 15) is 0 Å². The molecule has 1 heteroatoms. The molecule has 0 aliphatic carbocycles. The second-order valence-electron chi connectivity index (χ2n) is 4.82. The molecule has 0 radical (unpaired) electrons. The van der Waals surface area contributed by atoms with Crippen LogP contribution in [-0.2, 0) is 0 Å². The average molecular weight is 289 g/mol. The van der Waals surface area contributed by atoms with E-state index in [2.05, 4.69) is 60.7 Å². The summed E-state index contributed by atoms with van der Waals surface area (Å²) in [6.07, 6.45) is 1.95. The maximum absolute atomic E-state index is 6.11. The van der Waals surface area contributed by atoms with Gasteiger partial charge in [0.15, 0.2) is 0 Å². The number of hydrogen-bond acceptors (Lipinski definition) is 1. The minimum atomic E-state index is 0.820. The molecule has 3 rings (SSSR count). The highest BCUT2D eigenvalue weighted by atomic mass is 14.6. The van der Waals surface area contributed by atoms with E-state index in [4.69, 9.17) is 5.73 Å². The molecule has 0 aromatic heterocycles. The van der Waals surface area contributed by atoms with Crippen molar-refractivity contribution in [2.24, 2.45) is 5.73 Å². The molecule has 3 aromatic rings. The fraction of sp³-hybridized carbons (Fsp3) is 0.143. The van der Waals surface area contributed by atoms with Crippen LogP contribution in [0.15, 0.2) is 72.8 Å². The summed E-state index contributed by atoms with van der Waals surface area (Å²) in [5.74, 6) is 0. The van der Waals surface area contributed by atoms with Crippen molar-refractivity contribution in [3.05, 3.63) is 78.4 Å². The molecule has 112 valence electrons. The van der Waals surface area contributed by atoms with Gasteiger partial charge in [-0.25, -0.2) is 0 Å². The van der Waals surface area contributed by atoms with Crippen LogP contribution < -0.4 is 5.73 Å². The van der Waals surface area contributed by atoms with Crippen molar-refractivity contribution in [1.82, 2.24) is 0 Å². The number of fused-ring (bicyclic) bond motifs is 1. The predicted molar refractivity (Wildman–Crippen MR) is 98.6 cm³/mol. The van der Waals surface area contributed by atoms with Crippen LogP contribution in [0.5, 0.6) is 0 Å². The van der Waals surface area contributed by atoms with Crippen LogP contribution in [0.1, 0.15) is 26.3 Å². The Bertz CT molecular complexity index is 770. The lowest BCUT2D eigenvalue weighted by Crippen LogP contribution is -1.97. The molecule has 0 saturated carbocycles. The number of rotatable bonds is 2. The van der Waals surface area contributed by atoms with Gasteiger partial charge in [-0.3, -0.25) is 0 Å². The van der Waals surface area contributed by atoms with Crippen LogP contribution in [0.2, 0.25) is 0 Å². The first-order valence-corrected chi connectivity index (χ1v) is 7.80. The van der Waals surface area contributed by atoms with Gasteiger partial charge in [0.05, 0.1) is 0 Å². The summed E-state index contributed by atoms with van der Waals surface area (Å²) in [5, 5.41) is 2.44. The van der Waals surface area contributed by atoms with Crippen molar-refractivity contribution in [3.63, 3.8) is 0 Å². The highest BCUT2D eigenvalue weighted by Crippen LogP contribution is 2.32. The molecule has 0 heterocycles. The summed E-state index contributed by atoms with van der Waals surface area (Å²) in [7, 11) is 0. The maximum Gasteiger partial charge on any atom is 0.0350 e. The third-order valence-electron chi connectivity index (χ3n) is 3.63. The molecule has 1 nitrogen and oxygen atoms in total. The summed E-state index contributed by atoms with van der Waals surface area (Å²) >= 11 is 0. The predicted octanol–water partition coefficient (Wildman–Crippen LogP) is 5.85. The van der Waals surface area contributed by atoms with Gasteiger partial charge in [0.2, 0.25) is 0 Å². The van der Waals surface area contributed by atoms with Crippen LogP contribution in [0.4, 0.5) is 0 Å². The quantitative estimate of drug-likeness (QED) is 0.629. The molecule has 0 bridgehead atoms. The monoisotopic (exact) mass is 289 g/mol. The first-order valence-electron chi connectivity index (χ1n) is 7.80.